The van der Waals surface area contributed by atoms with E-state index in [1.54, 1.807) is 4.68 Å². The Kier molecular flexibility index (Phi) is 4.65. The second-order valence-electron chi connectivity index (χ2n) is 7.09. The first kappa shape index (κ1) is 17.8. The van der Waals surface area contributed by atoms with Gasteiger partial charge in [-0.05, 0) is 36.6 Å². The molecule has 7 heteroatoms. The molecule has 0 bridgehead atoms. The van der Waals surface area contributed by atoms with Crippen molar-refractivity contribution in [2.45, 2.75) is 25.2 Å². The minimum Gasteiger partial charge on any atom is -0.295 e. The predicted octanol–water partition coefficient (Wildman–Crippen LogP) is 4.44. The van der Waals surface area contributed by atoms with Crippen molar-refractivity contribution in [2.24, 2.45) is 0 Å². The Morgan fingerprint density at radius 3 is 2.48 bits per heavy atom. The highest BCUT2D eigenvalue weighted by molar-refractivity contribution is 7.15. The van der Waals surface area contributed by atoms with Crippen LogP contribution >= 0.6 is 11.3 Å². The molecule has 0 spiro atoms. The second kappa shape index (κ2) is 7.60. The highest BCUT2D eigenvalue weighted by Gasteiger charge is 2.29. The van der Waals surface area contributed by atoms with Crippen LogP contribution in [-0.2, 0) is 6.42 Å². The molecule has 144 valence electrons. The number of carbonyl (C=O) groups excluding carboxylic acids is 1. The van der Waals surface area contributed by atoms with Gasteiger partial charge in [-0.1, -0.05) is 59.9 Å². The molecular weight excluding hydrogens is 382 g/mol. The number of benzene rings is 2. The Labute approximate surface area is 172 Å². The highest BCUT2D eigenvalue weighted by Crippen LogP contribution is 2.39. The van der Waals surface area contributed by atoms with Gasteiger partial charge in [-0.15, -0.1) is 10.2 Å². The van der Waals surface area contributed by atoms with Gasteiger partial charge in [0.05, 0.1) is 11.4 Å². The minimum atomic E-state index is -0.226. The van der Waals surface area contributed by atoms with Gasteiger partial charge < -0.3 is 0 Å². The van der Waals surface area contributed by atoms with Gasteiger partial charge in [0.25, 0.3) is 5.91 Å². The van der Waals surface area contributed by atoms with Crippen LogP contribution in [0.25, 0.3) is 5.69 Å². The molecule has 6 nitrogen and oxygen atoms in total. The summed E-state index contributed by atoms with van der Waals surface area (Å²) in [5, 5.41) is 17.3. The highest BCUT2D eigenvalue weighted by atomic mass is 32.1. The fourth-order valence-electron chi connectivity index (χ4n) is 3.21. The fourth-order valence-corrected chi connectivity index (χ4v) is 3.98. The summed E-state index contributed by atoms with van der Waals surface area (Å²) in [5.74, 6) is 0.237. The molecule has 1 fully saturated rings. The molecule has 1 amide bonds. The summed E-state index contributed by atoms with van der Waals surface area (Å²) in [6.07, 6.45) is 2.96. The zero-order chi connectivity index (χ0) is 19.6. The lowest BCUT2D eigenvalue weighted by Gasteiger charge is -2.06. The van der Waals surface area contributed by atoms with E-state index in [1.807, 2.05) is 54.6 Å². The first-order valence-electron chi connectivity index (χ1n) is 9.59. The van der Waals surface area contributed by atoms with Crippen LogP contribution in [0.2, 0.25) is 0 Å². The van der Waals surface area contributed by atoms with Gasteiger partial charge in [-0.2, -0.15) is 5.10 Å². The summed E-state index contributed by atoms with van der Waals surface area (Å²) in [5.41, 5.74) is 3.52. The normalized spacial score (nSPS) is 13.4. The van der Waals surface area contributed by atoms with Gasteiger partial charge in [-0.3, -0.25) is 10.1 Å². The lowest BCUT2D eigenvalue weighted by Crippen LogP contribution is -2.16. The van der Waals surface area contributed by atoms with Crippen molar-refractivity contribution >= 4 is 22.4 Å². The van der Waals surface area contributed by atoms with E-state index in [1.165, 1.54) is 11.3 Å². The number of amides is 1. The summed E-state index contributed by atoms with van der Waals surface area (Å²) >= 11 is 1.39. The van der Waals surface area contributed by atoms with E-state index >= 15 is 0 Å². The number of nitrogens with one attached hydrogen (secondary N) is 1. The van der Waals surface area contributed by atoms with Crippen molar-refractivity contribution in [3.05, 3.63) is 88.7 Å². The lowest BCUT2D eigenvalue weighted by molar-refractivity contribution is 0.101. The quantitative estimate of drug-likeness (QED) is 0.518. The van der Waals surface area contributed by atoms with Crippen LogP contribution in [0.4, 0.5) is 5.13 Å². The van der Waals surface area contributed by atoms with Gasteiger partial charge in [0.1, 0.15) is 10.7 Å². The average Bonchev–Trinajstić information content (AvgIpc) is 3.36. The molecule has 0 aliphatic heterocycles. The Bertz CT molecular complexity index is 1130. The van der Waals surface area contributed by atoms with Gasteiger partial charge in [0, 0.05) is 12.3 Å². The van der Waals surface area contributed by atoms with Crippen molar-refractivity contribution in [3.8, 4) is 5.69 Å². The van der Waals surface area contributed by atoms with Crippen LogP contribution in [0.3, 0.4) is 0 Å². The maximum atomic E-state index is 13.0. The summed E-state index contributed by atoms with van der Waals surface area (Å²) in [4.78, 5) is 13.0. The number of anilines is 1. The third-order valence-electron chi connectivity index (χ3n) is 4.84. The zero-order valence-corrected chi connectivity index (χ0v) is 16.5. The van der Waals surface area contributed by atoms with Crippen molar-refractivity contribution in [2.75, 3.05) is 5.32 Å². The molecule has 0 saturated heterocycles. The first-order valence-corrected chi connectivity index (χ1v) is 10.4. The third kappa shape index (κ3) is 3.95. The van der Waals surface area contributed by atoms with Crippen LogP contribution < -0.4 is 5.32 Å². The van der Waals surface area contributed by atoms with Gasteiger partial charge in [0.15, 0.2) is 0 Å². The molecule has 0 radical (unpaired) electrons. The van der Waals surface area contributed by atoms with Crippen LogP contribution in [0, 0.1) is 0 Å². The molecule has 1 saturated carbocycles. The number of carbonyl (C=O) groups is 1. The van der Waals surface area contributed by atoms with E-state index in [4.69, 9.17) is 0 Å². The van der Waals surface area contributed by atoms with E-state index in [-0.39, 0.29) is 5.91 Å². The molecule has 1 aliphatic rings. The third-order valence-corrected chi connectivity index (χ3v) is 5.68. The Balaban J connectivity index is 1.37. The summed E-state index contributed by atoms with van der Waals surface area (Å²) in [6, 6.07) is 21.7. The average molecular weight is 401 g/mol. The van der Waals surface area contributed by atoms with Crippen LogP contribution in [0.15, 0.2) is 66.7 Å². The van der Waals surface area contributed by atoms with Crippen LogP contribution in [0.1, 0.15) is 45.5 Å². The number of rotatable bonds is 6. The van der Waals surface area contributed by atoms with E-state index in [9.17, 15) is 4.79 Å². The molecule has 2 heterocycles. The van der Waals surface area contributed by atoms with Gasteiger partial charge in [0.2, 0.25) is 5.13 Å². The maximum absolute atomic E-state index is 13.0. The monoisotopic (exact) mass is 401 g/mol. The van der Waals surface area contributed by atoms with Crippen molar-refractivity contribution < 1.29 is 4.79 Å². The maximum Gasteiger partial charge on any atom is 0.276 e. The van der Waals surface area contributed by atoms with Crippen LogP contribution in [-0.4, -0.2) is 25.9 Å². The Morgan fingerprint density at radius 1 is 1.03 bits per heavy atom. The minimum absolute atomic E-state index is 0.226. The zero-order valence-electron chi connectivity index (χ0n) is 15.7. The molecular formula is C22H19N5OS. The van der Waals surface area contributed by atoms with E-state index in [0.29, 0.717) is 23.2 Å². The second-order valence-corrected chi connectivity index (χ2v) is 8.16. The number of para-hydroxylation sites is 1. The summed E-state index contributed by atoms with van der Waals surface area (Å²) in [7, 11) is 0. The fraction of sp³-hybridized carbons (Fsp3) is 0.182. The molecule has 0 unspecified atom stereocenters. The summed E-state index contributed by atoms with van der Waals surface area (Å²) < 4.78 is 1.72. The topological polar surface area (TPSA) is 72.7 Å². The standard InChI is InChI=1S/C22H19N5OS/c28-21(23-22-25-24-20(29-22)13-15-7-3-1-4-8-15)19-14-18(16-11-12-16)26-27(19)17-9-5-2-6-10-17/h1-10,14,16H,11-13H2,(H,23,25,28). The number of nitrogens with zero attached hydrogens (tertiary/aromatic N) is 4. The smallest absolute Gasteiger partial charge is 0.276 e. The molecule has 2 aromatic heterocycles. The first-order chi connectivity index (χ1) is 14.3. The lowest BCUT2D eigenvalue weighted by atomic mass is 10.2. The van der Waals surface area contributed by atoms with E-state index in [0.717, 1.165) is 34.8 Å². The molecule has 29 heavy (non-hydrogen) atoms. The van der Waals surface area contributed by atoms with Crippen molar-refractivity contribution in [3.63, 3.8) is 0 Å². The molecule has 0 atom stereocenters. The summed E-state index contributed by atoms with van der Waals surface area (Å²) in [6.45, 7) is 0. The number of hydrogen-bond donors (Lipinski definition) is 1. The Morgan fingerprint density at radius 2 is 1.76 bits per heavy atom. The molecule has 1 N–H and O–H groups in total. The number of aromatic nitrogens is 4. The Hall–Kier alpha value is -3.32. The van der Waals surface area contributed by atoms with Crippen molar-refractivity contribution in [1.82, 2.24) is 20.0 Å². The van der Waals surface area contributed by atoms with Crippen LogP contribution in [0.5, 0.6) is 0 Å². The van der Waals surface area contributed by atoms with Gasteiger partial charge in [-0.25, -0.2) is 4.68 Å². The predicted molar refractivity (Wildman–Crippen MR) is 113 cm³/mol. The van der Waals surface area contributed by atoms with Crippen molar-refractivity contribution in [1.29, 1.82) is 0 Å². The van der Waals surface area contributed by atoms with Gasteiger partial charge >= 0.3 is 0 Å². The molecule has 5 rings (SSSR count). The number of hydrogen-bond acceptors (Lipinski definition) is 5. The molecule has 2 aromatic carbocycles. The largest absolute Gasteiger partial charge is 0.295 e. The van der Waals surface area contributed by atoms with E-state index < -0.39 is 0 Å². The molecule has 4 aromatic rings. The molecule has 1 aliphatic carbocycles. The SMILES string of the molecule is O=C(Nc1nnc(Cc2ccccc2)s1)c1cc(C2CC2)nn1-c1ccccc1. The van der Waals surface area contributed by atoms with E-state index in [2.05, 4.69) is 32.7 Å².